The average Bonchev–Trinajstić information content (AvgIpc) is 2.90. The molecule has 102 valence electrons. The second kappa shape index (κ2) is 5.98. The van der Waals surface area contributed by atoms with Crippen molar-refractivity contribution in [2.75, 3.05) is 20.8 Å². The molecule has 3 nitrogen and oxygen atoms in total. The van der Waals surface area contributed by atoms with Crippen molar-refractivity contribution < 1.29 is 14.2 Å². The van der Waals surface area contributed by atoms with E-state index in [1.54, 1.807) is 14.2 Å². The van der Waals surface area contributed by atoms with Gasteiger partial charge in [-0.1, -0.05) is 22.6 Å². The van der Waals surface area contributed by atoms with E-state index in [2.05, 4.69) is 22.6 Å². The van der Waals surface area contributed by atoms with Crippen molar-refractivity contribution in [3.05, 3.63) is 0 Å². The Labute approximate surface area is 125 Å². The highest BCUT2D eigenvalue weighted by atomic mass is 127. The van der Waals surface area contributed by atoms with Gasteiger partial charge in [-0.15, -0.1) is 0 Å². The summed E-state index contributed by atoms with van der Waals surface area (Å²) in [7, 11) is 9.12. The summed E-state index contributed by atoms with van der Waals surface area (Å²) in [6.45, 7) is 0.809. The van der Waals surface area contributed by atoms with Crippen molar-refractivity contribution in [1.82, 2.24) is 0 Å². The Hall–Kier alpha value is 0.675. The van der Waals surface area contributed by atoms with E-state index in [1.165, 1.54) is 32.1 Å². The molecule has 1 unspecified atom stereocenters. The molecule has 0 saturated heterocycles. The third kappa shape index (κ3) is 3.22. The number of rotatable bonds is 7. The average molecular weight is 364 g/mol. The van der Waals surface area contributed by atoms with Crippen LogP contribution in [-0.4, -0.2) is 39.0 Å². The number of fused-ring (bicyclic) bond motifs is 2. The largest absolute Gasteiger partial charge is 0.377 e. The van der Waals surface area contributed by atoms with Crippen LogP contribution in [0.1, 0.15) is 38.5 Å². The maximum Gasteiger partial charge on any atom is 0.157 e. The van der Waals surface area contributed by atoms with Crippen LogP contribution in [0.25, 0.3) is 0 Å². The third-order valence-electron chi connectivity index (χ3n) is 4.80. The second-order valence-electron chi connectivity index (χ2n) is 5.94. The molecular formula is C13H22BIO3. The zero-order chi connectivity index (χ0) is 13.2. The van der Waals surface area contributed by atoms with Crippen molar-refractivity contribution in [2.24, 2.45) is 10.8 Å². The van der Waals surface area contributed by atoms with Gasteiger partial charge < -0.3 is 14.2 Å². The van der Waals surface area contributed by atoms with E-state index >= 15 is 0 Å². The Morgan fingerprint density at radius 3 is 2.17 bits per heavy atom. The maximum atomic E-state index is 5.68. The summed E-state index contributed by atoms with van der Waals surface area (Å²) in [5, 5.41) is 0. The molecule has 1 atom stereocenters. The van der Waals surface area contributed by atoms with E-state index in [1.807, 2.05) is 0 Å². The summed E-state index contributed by atoms with van der Waals surface area (Å²) in [4.78, 5) is 0. The summed E-state index contributed by atoms with van der Waals surface area (Å²) in [6, 6.07) is 0. The highest BCUT2D eigenvalue weighted by molar-refractivity contribution is 14.1. The van der Waals surface area contributed by atoms with Crippen LogP contribution in [0, 0.1) is 10.8 Å². The highest BCUT2D eigenvalue weighted by Gasteiger charge is 2.54. The molecule has 0 aromatic carbocycles. The lowest BCUT2D eigenvalue weighted by atomic mass is 9.80. The molecule has 0 N–H and O–H groups in total. The van der Waals surface area contributed by atoms with E-state index in [-0.39, 0.29) is 10.3 Å². The lowest BCUT2D eigenvalue weighted by Crippen LogP contribution is -2.25. The molecule has 0 amide bonds. The Bertz CT molecular complexity index is 273. The smallest absolute Gasteiger partial charge is 0.157 e. The van der Waals surface area contributed by atoms with Crippen LogP contribution in [0.4, 0.5) is 0 Å². The van der Waals surface area contributed by atoms with Crippen molar-refractivity contribution in [3.8, 4) is 0 Å². The van der Waals surface area contributed by atoms with Gasteiger partial charge in [-0.05, 0) is 42.9 Å². The van der Waals surface area contributed by atoms with Crippen LogP contribution in [-0.2, 0) is 14.2 Å². The Morgan fingerprint density at radius 1 is 1.11 bits per heavy atom. The molecule has 2 bridgehead atoms. The molecular weight excluding hydrogens is 342 g/mol. The molecule has 2 rings (SSSR count). The Balaban J connectivity index is 1.92. The number of hydrogen-bond acceptors (Lipinski definition) is 3. The molecule has 0 aromatic rings. The first kappa shape index (κ1) is 15.1. The van der Waals surface area contributed by atoms with Gasteiger partial charge in [0.05, 0.1) is 10.6 Å². The van der Waals surface area contributed by atoms with Crippen molar-refractivity contribution >= 4 is 30.4 Å². The molecule has 2 fully saturated rings. The highest BCUT2D eigenvalue weighted by Crippen LogP contribution is 2.63. The zero-order valence-electron chi connectivity index (χ0n) is 11.3. The topological polar surface area (TPSA) is 27.7 Å². The minimum absolute atomic E-state index is 0.0633. The number of methoxy groups -OCH3 is 2. The molecule has 5 heteroatoms. The monoisotopic (exact) mass is 364 g/mol. The molecule has 18 heavy (non-hydrogen) atoms. The van der Waals surface area contributed by atoms with E-state index in [4.69, 9.17) is 22.1 Å². The van der Waals surface area contributed by atoms with E-state index in [9.17, 15) is 0 Å². The van der Waals surface area contributed by atoms with Gasteiger partial charge in [-0.2, -0.15) is 0 Å². The molecule has 0 heterocycles. The minimum Gasteiger partial charge on any atom is -0.377 e. The fourth-order valence-corrected chi connectivity index (χ4v) is 3.98. The maximum absolute atomic E-state index is 5.68. The molecule has 2 aliphatic carbocycles. The summed E-state index contributed by atoms with van der Waals surface area (Å²) in [5.41, 5.74) is 0.782. The van der Waals surface area contributed by atoms with Gasteiger partial charge in [0.2, 0.25) is 0 Å². The molecule has 0 spiro atoms. The van der Waals surface area contributed by atoms with Crippen LogP contribution in [0.3, 0.4) is 0 Å². The first-order valence-corrected chi connectivity index (χ1v) is 7.85. The van der Waals surface area contributed by atoms with Gasteiger partial charge in [-0.25, -0.2) is 0 Å². The lowest BCUT2D eigenvalue weighted by molar-refractivity contribution is -0.125. The van der Waals surface area contributed by atoms with Gasteiger partial charge in [-0.3, -0.25) is 0 Å². The molecule has 2 radical (unpaired) electrons. The molecule has 0 aliphatic heterocycles. The standard InChI is InChI=1S/C13H22BIO3/c1-16-10(17-2)7-12-3-5-13(8-12,6-4-12)9-18-11(14)15/h10-11H,3-9H2,1-2H3. The number of ether oxygens (including phenoxy) is 3. The predicted molar refractivity (Wildman–Crippen MR) is 79.9 cm³/mol. The SMILES string of the molecule is [B]C(I)OCC12CCC(CC(OC)OC)(CC1)C2. The number of hydrogen-bond donors (Lipinski definition) is 0. The van der Waals surface area contributed by atoms with Crippen LogP contribution in [0.2, 0.25) is 0 Å². The van der Waals surface area contributed by atoms with Crippen LogP contribution < -0.4 is 0 Å². The van der Waals surface area contributed by atoms with Gasteiger partial charge >= 0.3 is 0 Å². The van der Waals surface area contributed by atoms with Crippen LogP contribution in [0.5, 0.6) is 0 Å². The Morgan fingerprint density at radius 2 is 1.67 bits per heavy atom. The number of halogens is 1. The van der Waals surface area contributed by atoms with E-state index in [0.29, 0.717) is 10.8 Å². The van der Waals surface area contributed by atoms with Gasteiger partial charge in [0.15, 0.2) is 6.29 Å². The molecule has 2 aliphatic rings. The first-order valence-electron chi connectivity index (χ1n) is 6.60. The summed E-state index contributed by atoms with van der Waals surface area (Å²) in [5.74, 6) is 0. The number of alkyl halides is 1. The first-order chi connectivity index (χ1) is 8.53. The normalized spacial score (nSPS) is 36.4. The third-order valence-corrected chi connectivity index (χ3v) is 5.16. The van der Waals surface area contributed by atoms with E-state index < -0.39 is 0 Å². The lowest BCUT2D eigenvalue weighted by Gasteiger charge is -2.30. The van der Waals surface area contributed by atoms with Crippen LogP contribution >= 0.6 is 22.6 Å². The second-order valence-corrected chi connectivity index (χ2v) is 7.17. The predicted octanol–water partition coefficient (Wildman–Crippen LogP) is 2.85. The summed E-state index contributed by atoms with van der Waals surface area (Å²) in [6.07, 6.45) is 7.26. The summed E-state index contributed by atoms with van der Waals surface area (Å²) < 4.78 is 16.2. The minimum atomic E-state index is -0.182. The zero-order valence-corrected chi connectivity index (χ0v) is 13.4. The Kier molecular flexibility index (Phi) is 5.00. The summed E-state index contributed by atoms with van der Waals surface area (Å²) >= 11 is 2.12. The quantitative estimate of drug-likeness (QED) is 0.301. The molecule has 0 aromatic heterocycles. The van der Waals surface area contributed by atoms with E-state index in [0.717, 1.165) is 13.0 Å². The van der Waals surface area contributed by atoms with Gasteiger partial charge in [0.25, 0.3) is 0 Å². The fraction of sp³-hybridized carbons (Fsp3) is 1.00. The van der Waals surface area contributed by atoms with Gasteiger partial charge in [0, 0.05) is 20.6 Å². The van der Waals surface area contributed by atoms with Crippen molar-refractivity contribution in [1.29, 1.82) is 0 Å². The fourth-order valence-electron chi connectivity index (χ4n) is 3.80. The van der Waals surface area contributed by atoms with Crippen molar-refractivity contribution in [3.63, 3.8) is 0 Å². The molecule has 2 saturated carbocycles. The van der Waals surface area contributed by atoms with Crippen molar-refractivity contribution in [2.45, 2.75) is 48.8 Å². The van der Waals surface area contributed by atoms with Gasteiger partial charge in [0.1, 0.15) is 7.85 Å². The van der Waals surface area contributed by atoms with Crippen LogP contribution in [0.15, 0.2) is 0 Å².